The van der Waals surface area contributed by atoms with Gasteiger partial charge in [-0.05, 0) is 12.8 Å². The van der Waals surface area contributed by atoms with Crippen LogP contribution in [0.1, 0.15) is 24.6 Å². The van der Waals surface area contributed by atoms with Crippen LogP contribution in [0.5, 0.6) is 0 Å². The molecule has 1 fully saturated rings. The van der Waals surface area contributed by atoms with E-state index in [1.54, 1.807) is 16.8 Å². The average molecular weight is 220 g/mol. The molecule has 1 radical (unpaired) electrons. The van der Waals surface area contributed by atoms with Gasteiger partial charge in [-0.2, -0.15) is 0 Å². The van der Waals surface area contributed by atoms with E-state index in [1.807, 2.05) is 11.4 Å². The van der Waals surface area contributed by atoms with Crippen molar-refractivity contribution in [2.45, 2.75) is 18.9 Å². The Morgan fingerprint density at radius 1 is 1.40 bits per heavy atom. The van der Waals surface area contributed by atoms with Crippen LogP contribution in [0, 0.1) is 0 Å². The number of hydrogen-bond donors (Lipinski definition) is 0. The first-order valence-corrected chi connectivity index (χ1v) is 5.89. The molecule has 3 heterocycles. The van der Waals surface area contributed by atoms with Crippen molar-refractivity contribution < 1.29 is 4.52 Å². The minimum Gasteiger partial charge on any atom is -0.359 e. The Kier molecular flexibility index (Phi) is 2.26. The zero-order valence-corrected chi connectivity index (χ0v) is 8.91. The molecule has 3 rings (SSSR count). The molecule has 15 heavy (non-hydrogen) atoms. The third-order valence-corrected chi connectivity index (χ3v) is 3.12. The lowest BCUT2D eigenvalue weighted by molar-refractivity contribution is 0.351. The van der Waals surface area contributed by atoms with Crippen LogP contribution in [0.3, 0.4) is 0 Å². The summed E-state index contributed by atoms with van der Waals surface area (Å²) in [5.74, 6) is 0.871. The lowest BCUT2D eigenvalue weighted by Crippen LogP contribution is -2.03. The zero-order valence-electron chi connectivity index (χ0n) is 8.09. The third-order valence-electron chi connectivity index (χ3n) is 2.54. The first-order chi connectivity index (χ1) is 7.43. The molecule has 77 valence electrons. The van der Waals surface area contributed by atoms with Crippen molar-refractivity contribution in [3.05, 3.63) is 22.7 Å². The maximum atomic E-state index is 5.29. The SMILES string of the molecule is c1nc(-c2cc(C3CCC[N]3)on2)cs1. The van der Waals surface area contributed by atoms with Crippen LogP contribution in [-0.2, 0) is 0 Å². The maximum absolute atomic E-state index is 5.29. The van der Waals surface area contributed by atoms with E-state index in [2.05, 4.69) is 15.5 Å². The molecule has 0 aromatic carbocycles. The first kappa shape index (κ1) is 9.06. The molecule has 2 aromatic rings. The summed E-state index contributed by atoms with van der Waals surface area (Å²) in [6.45, 7) is 0.942. The Morgan fingerprint density at radius 2 is 2.40 bits per heavy atom. The molecule has 0 saturated carbocycles. The first-order valence-electron chi connectivity index (χ1n) is 4.95. The molecular weight excluding hydrogens is 210 g/mol. The van der Waals surface area contributed by atoms with Gasteiger partial charge >= 0.3 is 0 Å². The fraction of sp³-hybridized carbons (Fsp3) is 0.400. The van der Waals surface area contributed by atoms with Gasteiger partial charge in [0.1, 0.15) is 11.4 Å². The summed E-state index contributed by atoms with van der Waals surface area (Å²) in [5, 5.41) is 10.4. The predicted octanol–water partition coefficient (Wildman–Crippen LogP) is 2.24. The van der Waals surface area contributed by atoms with Gasteiger partial charge in [-0.25, -0.2) is 10.3 Å². The van der Waals surface area contributed by atoms with Crippen LogP contribution < -0.4 is 5.32 Å². The highest BCUT2D eigenvalue weighted by Crippen LogP contribution is 2.28. The Bertz CT molecular complexity index is 431. The molecule has 1 aliphatic rings. The van der Waals surface area contributed by atoms with E-state index in [0.717, 1.165) is 36.5 Å². The second-order valence-electron chi connectivity index (χ2n) is 3.55. The van der Waals surface area contributed by atoms with E-state index in [4.69, 9.17) is 4.52 Å². The molecule has 1 aliphatic heterocycles. The quantitative estimate of drug-likeness (QED) is 0.779. The van der Waals surface area contributed by atoms with Crippen LogP contribution in [0.4, 0.5) is 0 Å². The summed E-state index contributed by atoms with van der Waals surface area (Å²) in [5.41, 5.74) is 3.49. The normalized spacial score (nSPS) is 20.9. The molecule has 2 aromatic heterocycles. The molecule has 5 heteroatoms. The summed E-state index contributed by atoms with van der Waals surface area (Å²) in [6, 6.07) is 2.17. The highest BCUT2D eigenvalue weighted by atomic mass is 32.1. The van der Waals surface area contributed by atoms with Gasteiger partial charge < -0.3 is 4.52 Å². The van der Waals surface area contributed by atoms with E-state index in [9.17, 15) is 0 Å². The van der Waals surface area contributed by atoms with Gasteiger partial charge in [-0.15, -0.1) is 11.3 Å². The van der Waals surface area contributed by atoms with Crippen molar-refractivity contribution in [1.82, 2.24) is 15.5 Å². The van der Waals surface area contributed by atoms with Crippen LogP contribution in [-0.4, -0.2) is 16.7 Å². The fourth-order valence-electron chi connectivity index (χ4n) is 1.76. The number of rotatable bonds is 2. The molecule has 4 nitrogen and oxygen atoms in total. The smallest absolute Gasteiger partial charge is 0.155 e. The lowest BCUT2D eigenvalue weighted by Gasteiger charge is -2.00. The summed E-state index contributed by atoms with van der Waals surface area (Å²) < 4.78 is 5.29. The van der Waals surface area contributed by atoms with Gasteiger partial charge in [0.15, 0.2) is 5.76 Å². The standard InChI is InChI=1S/C10H10N3OS/c1-2-7(11-3-1)10-4-8(13-14-10)9-5-15-6-12-9/h4-7H,1-3H2. The molecule has 0 amide bonds. The average Bonchev–Trinajstić information content (AvgIpc) is 3.02. The van der Waals surface area contributed by atoms with E-state index < -0.39 is 0 Å². The van der Waals surface area contributed by atoms with E-state index >= 15 is 0 Å². The highest BCUT2D eigenvalue weighted by molar-refractivity contribution is 7.07. The number of hydrogen-bond acceptors (Lipinski definition) is 4. The van der Waals surface area contributed by atoms with Gasteiger partial charge in [-0.1, -0.05) is 5.16 Å². The van der Waals surface area contributed by atoms with Crippen molar-refractivity contribution in [3.63, 3.8) is 0 Å². The van der Waals surface area contributed by atoms with Gasteiger partial charge in [0.2, 0.25) is 0 Å². The summed E-state index contributed by atoms with van der Waals surface area (Å²) in [4.78, 5) is 4.19. The molecule has 0 aliphatic carbocycles. The minimum absolute atomic E-state index is 0.213. The van der Waals surface area contributed by atoms with Gasteiger partial charge in [0.05, 0.1) is 11.6 Å². The Morgan fingerprint density at radius 3 is 3.13 bits per heavy atom. The second-order valence-corrected chi connectivity index (χ2v) is 4.27. The monoisotopic (exact) mass is 220 g/mol. The highest BCUT2D eigenvalue weighted by Gasteiger charge is 2.22. The van der Waals surface area contributed by atoms with Crippen molar-refractivity contribution in [2.24, 2.45) is 0 Å². The van der Waals surface area contributed by atoms with Crippen molar-refractivity contribution >= 4 is 11.3 Å². The molecular formula is C10H10N3OS. The van der Waals surface area contributed by atoms with Crippen LogP contribution >= 0.6 is 11.3 Å². The number of aromatic nitrogens is 2. The van der Waals surface area contributed by atoms with E-state index in [1.165, 1.54) is 0 Å². The molecule has 0 bridgehead atoms. The van der Waals surface area contributed by atoms with Crippen LogP contribution in [0.15, 0.2) is 21.5 Å². The van der Waals surface area contributed by atoms with Crippen molar-refractivity contribution in [1.29, 1.82) is 0 Å². The molecule has 0 N–H and O–H groups in total. The third kappa shape index (κ3) is 1.68. The minimum atomic E-state index is 0.213. The Hall–Kier alpha value is -1.20. The maximum Gasteiger partial charge on any atom is 0.155 e. The van der Waals surface area contributed by atoms with E-state index in [-0.39, 0.29) is 6.04 Å². The fourth-order valence-corrected chi connectivity index (χ4v) is 2.31. The summed E-state index contributed by atoms with van der Waals surface area (Å²) >= 11 is 1.56. The Balaban J connectivity index is 1.87. The topological polar surface area (TPSA) is 53.0 Å². The summed E-state index contributed by atoms with van der Waals surface area (Å²) in [6.07, 6.45) is 2.23. The second kappa shape index (κ2) is 3.75. The van der Waals surface area contributed by atoms with Gasteiger partial charge in [-0.3, -0.25) is 0 Å². The molecule has 1 atom stereocenters. The lowest BCUT2D eigenvalue weighted by atomic mass is 10.1. The number of thiazole rings is 1. The molecule has 1 saturated heterocycles. The van der Waals surface area contributed by atoms with Gasteiger partial charge in [0, 0.05) is 18.0 Å². The predicted molar refractivity (Wildman–Crippen MR) is 56.6 cm³/mol. The van der Waals surface area contributed by atoms with Crippen molar-refractivity contribution in [3.8, 4) is 11.4 Å². The molecule has 1 unspecified atom stereocenters. The van der Waals surface area contributed by atoms with E-state index in [0.29, 0.717) is 0 Å². The largest absolute Gasteiger partial charge is 0.359 e. The van der Waals surface area contributed by atoms with Crippen LogP contribution in [0.25, 0.3) is 11.4 Å². The Labute approximate surface area is 91.3 Å². The molecule has 0 spiro atoms. The van der Waals surface area contributed by atoms with Gasteiger partial charge in [0.25, 0.3) is 0 Å². The zero-order chi connectivity index (χ0) is 10.1. The summed E-state index contributed by atoms with van der Waals surface area (Å²) in [7, 11) is 0. The van der Waals surface area contributed by atoms with Crippen LogP contribution in [0.2, 0.25) is 0 Å². The number of nitrogens with zero attached hydrogens (tertiary/aromatic N) is 3. The van der Waals surface area contributed by atoms with Crippen molar-refractivity contribution in [2.75, 3.05) is 6.54 Å².